The highest BCUT2D eigenvalue weighted by Crippen LogP contribution is 2.08. The fourth-order valence-electron chi connectivity index (χ4n) is 2.46. The van der Waals surface area contributed by atoms with Gasteiger partial charge >= 0.3 is 12.0 Å². The maximum Gasteiger partial charge on any atom is 0.320 e. The van der Waals surface area contributed by atoms with Crippen LogP contribution >= 0.6 is 0 Å². The summed E-state index contributed by atoms with van der Waals surface area (Å²) in [7, 11) is 0. The average molecular weight is 285 g/mol. The van der Waals surface area contributed by atoms with Crippen LogP contribution in [0.4, 0.5) is 4.79 Å². The number of carbonyl (C=O) groups is 2. The zero-order chi connectivity index (χ0) is 15.1. The summed E-state index contributed by atoms with van der Waals surface area (Å²) in [5, 5.41) is 12.0. The zero-order valence-corrected chi connectivity index (χ0v) is 12.8. The molecule has 0 bridgehead atoms. The minimum atomic E-state index is -0.808. The van der Waals surface area contributed by atoms with Crippen molar-refractivity contribution < 1.29 is 14.7 Å². The normalized spacial score (nSPS) is 19.4. The first-order valence-corrected chi connectivity index (χ1v) is 7.51. The average Bonchev–Trinajstić information content (AvgIpc) is 2.45. The quantitative estimate of drug-likeness (QED) is 0.773. The molecule has 0 aromatic rings. The molecule has 1 aliphatic rings. The number of hydrogen-bond donors (Lipinski definition) is 2. The second-order valence-corrected chi connectivity index (χ2v) is 5.38. The molecular formula is C14H27N3O3. The molecule has 0 aromatic carbocycles. The maximum atomic E-state index is 12.1. The van der Waals surface area contributed by atoms with E-state index in [1.165, 1.54) is 0 Å². The molecule has 2 atom stereocenters. The molecule has 20 heavy (non-hydrogen) atoms. The number of urea groups is 1. The van der Waals surface area contributed by atoms with E-state index >= 15 is 0 Å². The van der Waals surface area contributed by atoms with Gasteiger partial charge in [0.1, 0.15) is 6.04 Å². The van der Waals surface area contributed by atoms with Gasteiger partial charge in [-0.3, -0.25) is 9.69 Å². The predicted molar refractivity (Wildman–Crippen MR) is 77.8 cm³/mol. The van der Waals surface area contributed by atoms with E-state index in [4.69, 9.17) is 5.11 Å². The van der Waals surface area contributed by atoms with E-state index < -0.39 is 12.0 Å². The number of hydrogen-bond acceptors (Lipinski definition) is 3. The van der Waals surface area contributed by atoms with E-state index in [-0.39, 0.29) is 12.1 Å². The first-order chi connectivity index (χ1) is 9.49. The molecule has 1 fully saturated rings. The summed E-state index contributed by atoms with van der Waals surface area (Å²) in [6, 6.07) is -0.264. The Balaban J connectivity index is 2.40. The second-order valence-electron chi connectivity index (χ2n) is 5.38. The molecule has 1 saturated heterocycles. The van der Waals surface area contributed by atoms with Gasteiger partial charge in [-0.2, -0.15) is 0 Å². The monoisotopic (exact) mass is 285 g/mol. The minimum Gasteiger partial charge on any atom is -0.480 e. The van der Waals surface area contributed by atoms with Crippen molar-refractivity contribution in [3.05, 3.63) is 0 Å². The molecule has 0 aliphatic carbocycles. The van der Waals surface area contributed by atoms with Crippen molar-refractivity contribution in [3.63, 3.8) is 0 Å². The summed E-state index contributed by atoms with van der Waals surface area (Å²) in [4.78, 5) is 26.7. The molecule has 2 N–H and O–H groups in total. The lowest BCUT2D eigenvalue weighted by atomic mass is 10.1. The number of piperazine rings is 1. The highest BCUT2D eigenvalue weighted by Gasteiger charge is 2.27. The van der Waals surface area contributed by atoms with Gasteiger partial charge in [-0.25, -0.2) is 4.79 Å². The molecule has 2 amide bonds. The Morgan fingerprint density at radius 3 is 2.25 bits per heavy atom. The van der Waals surface area contributed by atoms with Gasteiger partial charge in [0.05, 0.1) is 0 Å². The Hall–Kier alpha value is -1.30. The van der Waals surface area contributed by atoms with Crippen LogP contribution in [0.3, 0.4) is 0 Å². The number of carbonyl (C=O) groups excluding carboxylic acids is 1. The van der Waals surface area contributed by atoms with Gasteiger partial charge in [0.25, 0.3) is 0 Å². The van der Waals surface area contributed by atoms with Crippen molar-refractivity contribution in [2.24, 2.45) is 0 Å². The lowest BCUT2D eigenvalue weighted by Crippen LogP contribution is -2.56. The minimum absolute atomic E-state index is 0.0204. The highest BCUT2D eigenvalue weighted by molar-refractivity contribution is 5.75. The van der Waals surface area contributed by atoms with Crippen LogP contribution in [0.5, 0.6) is 0 Å². The van der Waals surface area contributed by atoms with Crippen LogP contribution in [-0.4, -0.2) is 65.2 Å². The molecule has 2 unspecified atom stereocenters. The molecule has 0 radical (unpaired) electrons. The van der Waals surface area contributed by atoms with E-state index in [0.29, 0.717) is 26.2 Å². The topological polar surface area (TPSA) is 72.9 Å². The summed E-state index contributed by atoms with van der Waals surface area (Å²) in [6.45, 7) is 8.29. The molecule has 0 spiro atoms. The highest BCUT2D eigenvalue weighted by atomic mass is 16.4. The van der Waals surface area contributed by atoms with E-state index in [1.807, 2.05) is 4.90 Å². The SMILES string of the molecule is CCCC(CC)NC(=O)N1CCN(C(C)C(=O)O)CC1. The smallest absolute Gasteiger partial charge is 0.320 e. The number of carboxylic acid groups (broad SMARTS) is 1. The summed E-state index contributed by atoms with van der Waals surface area (Å²) in [5.41, 5.74) is 0. The Morgan fingerprint density at radius 1 is 1.20 bits per heavy atom. The number of amides is 2. The van der Waals surface area contributed by atoms with Crippen molar-refractivity contribution >= 4 is 12.0 Å². The number of nitrogens with one attached hydrogen (secondary N) is 1. The third-order valence-corrected chi connectivity index (χ3v) is 3.96. The van der Waals surface area contributed by atoms with Gasteiger partial charge in [-0.05, 0) is 19.8 Å². The van der Waals surface area contributed by atoms with Gasteiger partial charge in [0.2, 0.25) is 0 Å². The van der Waals surface area contributed by atoms with Crippen LogP contribution in [0.25, 0.3) is 0 Å². The summed E-state index contributed by atoms with van der Waals surface area (Å²) in [5.74, 6) is -0.808. The molecule has 0 saturated carbocycles. The van der Waals surface area contributed by atoms with Crippen LogP contribution in [0, 0.1) is 0 Å². The number of nitrogens with zero attached hydrogens (tertiary/aromatic N) is 2. The Kier molecular flexibility index (Phi) is 6.78. The first-order valence-electron chi connectivity index (χ1n) is 7.51. The van der Waals surface area contributed by atoms with Crippen LogP contribution in [0.15, 0.2) is 0 Å². The molecule has 6 nitrogen and oxygen atoms in total. The van der Waals surface area contributed by atoms with Gasteiger partial charge in [0, 0.05) is 32.2 Å². The van der Waals surface area contributed by atoms with E-state index in [0.717, 1.165) is 19.3 Å². The van der Waals surface area contributed by atoms with E-state index in [1.54, 1.807) is 11.8 Å². The maximum absolute atomic E-state index is 12.1. The Morgan fingerprint density at radius 2 is 1.80 bits per heavy atom. The largest absolute Gasteiger partial charge is 0.480 e. The number of rotatable bonds is 6. The molecule has 1 aliphatic heterocycles. The molecule has 1 rings (SSSR count). The second kappa shape index (κ2) is 8.09. The predicted octanol–water partition coefficient (Wildman–Crippen LogP) is 1.37. The number of carboxylic acids is 1. The Labute approximate surface area is 121 Å². The van der Waals surface area contributed by atoms with Gasteiger partial charge in [0.15, 0.2) is 0 Å². The lowest BCUT2D eigenvalue weighted by molar-refractivity contribution is -0.143. The van der Waals surface area contributed by atoms with Gasteiger partial charge in [-0.1, -0.05) is 20.3 Å². The van der Waals surface area contributed by atoms with Crippen molar-refractivity contribution in [2.75, 3.05) is 26.2 Å². The molecule has 6 heteroatoms. The summed E-state index contributed by atoms with van der Waals surface area (Å²) in [6.07, 6.45) is 3.00. The van der Waals surface area contributed by atoms with Crippen molar-refractivity contribution in [2.45, 2.75) is 52.1 Å². The van der Waals surface area contributed by atoms with Crippen LogP contribution in [0.2, 0.25) is 0 Å². The molecule has 116 valence electrons. The summed E-state index contributed by atoms with van der Waals surface area (Å²) >= 11 is 0. The number of aliphatic carboxylic acids is 1. The molecule has 0 aromatic heterocycles. The van der Waals surface area contributed by atoms with Crippen molar-refractivity contribution in [1.29, 1.82) is 0 Å². The summed E-state index contributed by atoms with van der Waals surface area (Å²) < 4.78 is 0. The third kappa shape index (κ3) is 4.67. The van der Waals surface area contributed by atoms with Crippen molar-refractivity contribution in [1.82, 2.24) is 15.1 Å². The van der Waals surface area contributed by atoms with Crippen molar-refractivity contribution in [3.8, 4) is 0 Å². The van der Waals surface area contributed by atoms with Crippen LogP contribution in [0.1, 0.15) is 40.0 Å². The molecular weight excluding hydrogens is 258 g/mol. The fraction of sp³-hybridized carbons (Fsp3) is 0.857. The fourth-order valence-corrected chi connectivity index (χ4v) is 2.46. The van der Waals surface area contributed by atoms with Gasteiger partial charge in [-0.15, -0.1) is 0 Å². The van der Waals surface area contributed by atoms with E-state index in [9.17, 15) is 9.59 Å². The lowest BCUT2D eigenvalue weighted by Gasteiger charge is -2.37. The molecule has 1 heterocycles. The van der Waals surface area contributed by atoms with Crippen LogP contribution in [-0.2, 0) is 4.79 Å². The Bertz CT molecular complexity index is 328. The first kappa shape index (κ1) is 16.8. The standard InChI is InChI=1S/C14H27N3O3/c1-4-6-12(5-2)15-14(20)17-9-7-16(8-10-17)11(3)13(18)19/h11-12H,4-10H2,1-3H3,(H,15,20)(H,18,19). The van der Waals surface area contributed by atoms with Crippen LogP contribution < -0.4 is 5.32 Å². The van der Waals surface area contributed by atoms with E-state index in [2.05, 4.69) is 19.2 Å². The third-order valence-electron chi connectivity index (χ3n) is 3.96. The van der Waals surface area contributed by atoms with Gasteiger partial charge < -0.3 is 15.3 Å². The zero-order valence-electron chi connectivity index (χ0n) is 12.8.